The van der Waals surface area contributed by atoms with E-state index in [9.17, 15) is 0 Å². The van der Waals surface area contributed by atoms with Gasteiger partial charge < -0.3 is 11.5 Å². The summed E-state index contributed by atoms with van der Waals surface area (Å²) in [4.78, 5) is 0. The molecule has 0 aliphatic heterocycles. The molecule has 0 saturated heterocycles. The fourth-order valence-corrected chi connectivity index (χ4v) is 0.496. The van der Waals surface area contributed by atoms with Gasteiger partial charge in [-0.25, -0.2) is 0 Å². The van der Waals surface area contributed by atoms with Crippen LogP contribution in [0.5, 0.6) is 0 Å². The second kappa shape index (κ2) is 6.53. The predicted octanol–water partition coefficient (Wildman–Crippen LogP) is 0.0894. The van der Waals surface area contributed by atoms with Gasteiger partial charge in [-0.05, 0) is 24.3 Å². The molecule has 0 aliphatic carbocycles. The molecule has 4 heteroatoms. The zero-order valence-corrected chi connectivity index (χ0v) is 10.5. The van der Waals surface area contributed by atoms with Crippen LogP contribution in [0.25, 0.3) is 0 Å². The van der Waals surface area contributed by atoms with Gasteiger partial charge in [0.1, 0.15) is 0 Å². The molecule has 2 radical (unpaired) electrons. The minimum absolute atomic E-state index is 0. The summed E-state index contributed by atoms with van der Waals surface area (Å²) in [5.74, 6) is 0. The van der Waals surface area contributed by atoms with Crippen molar-refractivity contribution < 1.29 is 0 Å². The van der Waals surface area contributed by atoms with Crippen LogP contribution in [0.4, 0.5) is 11.4 Å². The predicted molar refractivity (Wildman–Crippen MR) is 46.8 cm³/mol. The first-order chi connectivity index (χ1) is 3.79. The normalized spacial score (nSPS) is 7.20. The van der Waals surface area contributed by atoms with Crippen molar-refractivity contribution in [2.45, 2.75) is 0 Å². The maximum absolute atomic E-state index is 5.37. The molecule has 0 amide bonds. The molecule has 0 spiro atoms. The quantitative estimate of drug-likeness (QED) is 0.411. The molecule has 4 N–H and O–H groups in total. The third-order valence-corrected chi connectivity index (χ3v) is 0.936. The Bertz CT molecular complexity index is 153. The molecule has 44 valence electrons. The van der Waals surface area contributed by atoms with E-state index < -0.39 is 0 Å². The van der Waals surface area contributed by atoms with Crippen molar-refractivity contribution in [2.24, 2.45) is 0 Å². The van der Waals surface area contributed by atoms with Crippen LogP contribution < -0.4 is 11.5 Å². The van der Waals surface area contributed by atoms with E-state index in [2.05, 4.69) is 0 Å². The van der Waals surface area contributed by atoms with Crippen LogP contribution in [0.15, 0.2) is 24.3 Å². The van der Waals surface area contributed by atoms with Crippen LogP contribution in [0.1, 0.15) is 0 Å². The first kappa shape index (κ1) is 13.4. The van der Waals surface area contributed by atoms with E-state index in [4.69, 9.17) is 11.5 Å². The summed E-state index contributed by atoms with van der Waals surface area (Å²) in [6.45, 7) is 0. The largest absolute Gasteiger partial charge is 0.399 e. The van der Waals surface area contributed by atoms with E-state index in [1.54, 1.807) is 24.3 Å². The van der Waals surface area contributed by atoms with Gasteiger partial charge in [-0.15, -0.1) is 0 Å². The number of rotatable bonds is 0. The summed E-state index contributed by atoms with van der Waals surface area (Å²) in [5.41, 5.74) is 12.2. The van der Waals surface area contributed by atoms with Crippen molar-refractivity contribution >= 4 is 70.5 Å². The molecule has 1 rings (SSSR count). The molecule has 1 aromatic carbocycles. The molecule has 0 aromatic heterocycles. The zero-order valence-electron chi connectivity index (χ0n) is 6.46. The standard InChI is InChI=1S/C6H8N2.2Na/c7-5-1-2-6(8)4-3-5;;/h1-4H,7-8H2;;. The fourth-order valence-electron chi connectivity index (χ4n) is 0.496. The van der Waals surface area contributed by atoms with Crippen LogP contribution in [0, 0.1) is 0 Å². The average molecular weight is 154 g/mol. The molecule has 1 aromatic rings. The summed E-state index contributed by atoms with van der Waals surface area (Å²) in [7, 11) is 0. The Kier molecular flexibility index (Phi) is 8.75. The molecule has 2 nitrogen and oxygen atoms in total. The number of nitrogens with two attached hydrogens (primary N) is 2. The van der Waals surface area contributed by atoms with Gasteiger partial charge in [-0.3, -0.25) is 0 Å². The summed E-state index contributed by atoms with van der Waals surface area (Å²) in [6.07, 6.45) is 0. The Morgan fingerprint density at radius 1 is 0.700 bits per heavy atom. The Labute approximate surface area is 105 Å². The van der Waals surface area contributed by atoms with E-state index >= 15 is 0 Å². The second-order valence-corrected chi connectivity index (χ2v) is 1.67. The smallest absolute Gasteiger partial charge is 0.0315 e. The van der Waals surface area contributed by atoms with Crippen molar-refractivity contribution in [3.8, 4) is 0 Å². The molecule has 0 heterocycles. The monoisotopic (exact) mass is 154 g/mol. The van der Waals surface area contributed by atoms with Crippen molar-refractivity contribution in [1.29, 1.82) is 0 Å². The van der Waals surface area contributed by atoms with Crippen LogP contribution in [0.2, 0.25) is 0 Å². The Hall–Kier alpha value is 0.820. The van der Waals surface area contributed by atoms with E-state index in [-0.39, 0.29) is 59.1 Å². The number of hydrogen-bond donors (Lipinski definition) is 2. The van der Waals surface area contributed by atoms with Gasteiger partial charge in [0.25, 0.3) is 0 Å². The minimum atomic E-state index is 0. The fraction of sp³-hybridized carbons (Fsp3) is 0. The van der Waals surface area contributed by atoms with Gasteiger partial charge in [-0.1, -0.05) is 0 Å². The van der Waals surface area contributed by atoms with Gasteiger partial charge in [0.15, 0.2) is 0 Å². The van der Waals surface area contributed by atoms with E-state index in [1.807, 2.05) is 0 Å². The summed E-state index contributed by atoms with van der Waals surface area (Å²) < 4.78 is 0. The molecular weight excluding hydrogens is 146 g/mol. The average Bonchev–Trinajstić information content (AvgIpc) is 1.77. The minimum Gasteiger partial charge on any atom is -0.399 e. The molecular formula is C6H8N2Na2. The third kappa shape index (κ3) is 4.61. The molecule has 0 atom stereocenters. The van der Waals surface area contributed by atoms with Gasteiger partial charge >= 0.3 is 0 Å². The summed E-state index contributed by atoms with van der Waals surface area (Å²) in [6, 6.07) is 7.09. The topological polar surface area (TPSA) is 52.0 Å². The van der Waals surface area contributed by atoms with Crippen LogP contribution in [-0.2, 0) is 0 Å². The number of benzene rings is 1. The first-order valence-corrected chi connectivity index (χ1v) is 2.40. The summed E-state index contributed by atoms with van der Waals surface area (Å²) in [5, 5.41) is 0. The van der Waals surface area contributed by atoms with Crippen LogP contribution in [0.3, 0.4) is 0 Å². The number of hydrogen-bond acceptors (Lipinski definition) is 2. The molecule has 0 saturated carbocycles. The molecule has 10 heavy (non-hydrogen) atoms. The van der Waals surface area contributed by atoms with Crippen molar-refractivity contribution in [3.63, 3.8) is 0 Å². The van der Waals surface area contributed by atoms with Gasteiger partial charge in [0.2, 0.25) is 0 Å². The van der Waals surface area contributed by atoms with Crippen molar-refractivity contribution in [2.75, 3.05) is 11.5 Å². The van der Waals surface area contributed by atoms with E-state index in [1.165, 1.54) is 0 Å². The first-order valence-electron chi connectivity index (χ1n) is 2.40. The van der Waals surface area contributed by atoms with E-state index in [0.29, 0.717) is 0 Å². The second-order valence-electron chi connectivity index (χ2n) is 1.67. The van der Waals surface area contributed by atoms with E-state index in [0.717, 1.165) is 11.4 Å². The third-order valence-electron chi connectivity index (χ3n) is 0.936. The van der Waals surface area contributed by atoms with Crippen molar-refractivity contribution in [3.05, 3.63) is 24.3 Å². The molecule has 0 aliphatic rings. The maximum atomic E-state index is 5.37. The van der Waals surface area contributed by atoms with Gasteiger partial charge in [0.05, 0.1) is 0 Å². The van der Waals surface area contributed by atoms with Crippen LogP contribution in [-0.4, -0.2) is 59.1 Å². The SMILES string of the molecule is Nc1ccc(N)cc1.[Na].[Na]. The van der Waals surface area contributed by atoms with Gasteiger partial charge in [0, 0.05) is 70.5 Å². The zero-order chi connectivity index (χ0) is 5.98. The number of nitrogen functional groups attached to an aromatic ring is 2. The van der Waals surface area contributed by atoms with Gasteiger partial charge in [-0.2, -0.15) is 0 Å². The van der Waals surface area contributed by atoms with Crippen molar-refractivity contribution in [1.82, 2.24) is 0 Å². The maximum Gasteiger partial charge on any atom is 0.0315 e. The molecule has 0 unspecified atom stereocenters. The van der Waals surface area contributed by atoms with Crippen LogP contribution >= 0.6 is 0 Å². The molecule has 0 bridgehead atoms. The molecule has 0 fully saturated rings. The number of anilines is 2. The summed E-state index contributed by atoms with van der Waals surface area (Å²) >= 11 is 0. The Morgan fingerprint density at radius 2 is 0.900 bits per heavy atom. The Balaban J connectivity index is 0. The Morgan fingerprint density at radius 3 is 1.10 bits per heavy atom.